The molecule has 0 aromatic rings. The average Bonchev–Trinajstić information content (AvgIpc) is 2.25. The van der Waals surface area contributed by atoms with Crippen LogP contribution < -0.4 is 0 Å². The van der Waals surface area contributed by atoms with Crippen molar-refractivity contribution >= 4 is 16.8 Å². The van der Waals surface area contributed by atoms with Crippen LogP contribution in [0.4, 0.5) is 0 Å². The lowest BCUT2D eigenvalue weighted by atomic mass is 9.89. The summed E-state index contributed by atoms with van der Waals surface area (Å²) in [5.41, 5.74) is -0.349. The van der Waals surface area contributed by atoms with Crippen molar-refractivity contribution < 1.29 is 14.1 Å². The molecule has 0 fully saturated rings. The number of carboxylic acid groups (broad SMARTS) is 1. The first-order valence-corrected chi connectivity index (χ1v) is 7.23. The van der Waals surface area contributed by atoms with Crippen molar-refractivity contribution in [1.82, 2.24) is 0 Å². The van der Waals surface area contributed by atoms with Crippen LogP contribution >= 0.6 is 0 Å². The monoisotopic (exact) mass is 259 g/mol. The van der Waals surface area contributed by atoms with Crippen molar-refractivity contribution in [2.24, 2.45) is 5.41 Å². The van der Waals surface area contributed by atoms with Crippen LogP contribution in [0, 0.1) is 16.7 Å². The Balaban J connectivity index is 3.95. The summed E-state index contributed by atoms with van der Waals surface area (Å²) < 4.78 is 11.7. The first kappa shape index (κ1) is 16.1. The zero-order valence-corrected chi connectivity index (χ0v) is 11.5. The number of carbonyl (C=O) groups is 1. The van der Waals surface area contributed by atoms with E-state index in [0.717, 1.165) is 12.8 Å². The van der Waals surface area contributed by atoms with Crippen molar-refractivity contribution in [1.29, 1.82) is 5.26 Å². The Bertz CT molecular complexity index is 320. The minimum Gasteiger partial charge on any atom is -0.480 e. The predicted molar refractivity (Wildman–Crippen MR) is 68.0 cm³/mol. The number of aliphatic carboxylic acids is 1. The maximum atomic E-state index is 11.7. The van der Waals surface area contributed by atoms with Gasteiger partial charge in [0.05, 0.1) is 11.5 Å². The van der Waals surface area contributed by atoms with Gasteiger partial charge in [-0.25, -0.2) is 0 Å². The van der Waals surface area contributed by atoms with Gasteiger partial charge >= 0.3 is 5.97 Å². The van der Waals surface area contributed by atoms with Crippen LogP contribution in [-0.4, -0.2) is 26.3 Å². The Labute approximate surface area is 105 Å². The predicted octanol–water partition coefficient (Wildman–Crippen LogP) is 2.32. The Morgan fingerprint density at radius 1 is 1.47 bits per heavy atom. The molecule has 1 N–H and O–H groups in total. The van der Waals surface area contributed by atoms with Crippen molar-refractivity contribution in [3.63, 3.8) is 0 Å². The number of carboxylic acids is 1. The number of hydrogen-bond donors (Lipinski definition) is 1. The molecule has 5 heteroatoms. The van der Waals surface area contributed by atoms with E-state index < -0.39 is 22.0 Å². The van der Waals surface area contributed by atoms with E-state index >= 15 is 0 Å². The number of hydrogen-bond acceptors (Lipinski definition) is 3. The topological polar surface area (TPSA) is 78.2 Å². The summed E-state index contributed by atoms with van der Waals surface area (Å²) in [6.07, 6.45) is 2.67. The van der Waals surface area contributed by atoms with Gasteiger partial charge in [0.1, 0.15) is 5.25 Å². The summed E-state index contributed by atoms with van der Waals surface area (Å²) in [5, 5.41) is 16.9. The second kappa shape index (κ2) is 7.44. The summed E-state index contributed by atoms with van der Waals surface area (Å²) in [6.45, 7) is 5.47. The van der Waals surface area contributed by atoms with E-state index in [2.05, 4.69) is 6.07 Å². The molecule has 0 saturated heterocycles. The lowest BCUT2D eigenvalue weighted by molar-refractivity contribution is -0.136. The molecule has 0 saturated carbocycles. The fourth-order valence-corrected chi connectivity index (χ4v) is 2.85. The highest BCUT2D eigenvalue weighted by molar-refractivity contribution is 7.86. The molecule has 0 aliphatic heterocycles. The quantitative estimate of drug-likeness (QED) is 0.678. The molecular formula is C12H21NO3S. The van der Waals surface area contributed by atoms with Crippen LogP contribution in [0.15, 0.2) is 0 Å². The molecule has 0 heterocycles. The van der Waals surface area contributed by atoms with Gasteiger partial charge < -0.3 is 5.11 Å². The zero-order valence-electron chi connectivity index (χ0n) is 10.7. The number of unbranched alkanes of at least 4 members (excludes halogenated alkanes) is 1. The van der Waals surface area contributed by atoms with E-state index in [1.807, 2.05) is 13.8 Å². The zero-order chi connectivity index (χ0) is 13.5. The number of nitriles is 1. The Morgan fingerprint density at radius 3 is 2.47 bits per heavy atom. The standard InChI is InChI=1S/C12H21NO3S/c1-4-10(11(14)15)17(16)8-6-5-7-12(2,3)9-13/h10H,4-8H2,1-3H3,(H,14,15). The molecule has 2 unspecified atom stereocenters. The van der Waals surface area contributed by atoms with Gasteiger partial charge in [0.2, 0.25) is 0 Å². The van der Waals surface area contributed by atoms with E-state index in [1.165, 1.54) is 0 Å². The highest BCUT2D eigenvalue weighted by Crippen LogP contribution is 2.21. The first-order chi connectivity index (χ1) is 7.84. The molecule has 0 aromatic heterocycles. The molecule has 0 spiro atoms. The largest absolute Gasteiger partial charge is 0.480 e. The van der Waals surface area contributed by atoms with Gasteiger partial charge in [-0.3, -0.25) is 9.00 Å². The van der Waals surface area contributed by atoms with Crippen molar-refractivity contribution in [2.75, 3.05) is 5.75 Å². The summed E-state index contributed by atoms with van der Waals surface area (Å²) in [7, 11) is -1.30. The lowest BCUT2D eigenvalue weighted by Crippen LogP contribution is -2.26. The van der Waals surface area contributed by atoms with Crippen LogP contribution in [0.5, 0.6) is 0 Å². The third-order valence-corrected chi connectivity index (χ3v) is 4.52. The van der Waals surface area contributed by atoms with Crippen LogP contribution in [0.25, 0.3) is 0 Å². The second-order valence-corrected chi connectivity index (χ2v) is 6.51. The smallest absolute Gasteiger partial charge is 0.319 e. The third-order valence-electron chi connectivity index (χ3n) is 2.66. The van der Waals surface area contributed by atoms with Crippen molar-refractivity contribution in [3.05, 3.63) is 0 Å². The molecule has 4 nitrogen and oxygen atoms in total. The molecule has 0 amide bonds. The molecule has 98 valence electrons. The Hall–Kier alpha value is -0.890. The van der Waals surface area contributed by atoms with E-state index in [9.17, 15) is 9.00 Å². The maximum absolute atomic E-state index is 11.7. The van der Waals surface area contributed by atoms with E-state index in [-0.39, 0.29) is 5.41 Å². The minimum absolute atomic E-state index is 0.349. The SMILES string of the molecule is CCC(C(=O)O)S(=O)CCCCC(C)(C)C#N. The van der Waals surface area contributed by atoms with Gasteiger partial charge in [-0.2, -0.15) is 5.26 Å². The fraction of sp³-hybridized carbons (Fsp3) is 0.833. The molecule has 0 aromatic carbocycles. The van der Waals surface area contributed by atoms with Crippen LogP contribution in [-0.2, 0) is 15.6 Å². The number of rotatable bonds is 8. The van der Waals surface area contributed by atoms with E-state index in [0.29, 0.717) is 18.6 Å². The molecule has 2 atom stereocenters. The summed E-state index contributed by atoms with van der Waals surface area (Å²) in [6, 6.07) is 2.21. The second-order valence-electron chi connectivity index (χ2n) is 4.77. The minimum atomic E-state index is -1.30. The highest BCUT2D eigenvalue weighted by atomic mass is 32.2. The summed E-state index contributed by atoms with van der Waals surface area (Å²) in [4.78, 5) is 10.8. The maximum Gasteiger partial charge on any atom is 0.319 e. The van der Waals surface area contributed by atoms with Gasteiger partial charge in [-0.1, -0.05) is 13.3 Å². The van der Waals surface area contributed by atoms with Gasteiger partial charge in [0.15, 0.2) is 0 Å². The average molecular weight is 259 g/mol. The van der Waals surface area contributed by atoms with E-state index in [4.69, 9.17) is 10.4 Å². The van der Waals surface area contributed by atoms with Gasteiger partial charge in [-0.05, 0) is 33.1 Å². The molecular weight excluding hydrogens is 238 g/mol. The summed E-state index contributed by atoms with van der Waals surface area (Å²) >= 11 is 0. The van der Waals surface area contributed by atoms with Crippen LogP contribution in [0.1, 0.15) is 46.5 Å². The fourth-order valence-electron chi connectivity index (χ4n) is 1.48. The normalized spacial score (nSPS) is 14.9. The van der Waals surface area contributed by atoms with E-state index in [1.54, 1.807) is 6.92 Å². The van der Waals surface area contributed by atoms with Crippen molar-refractivity contribution in [3.8, 4) is 6.07 Å². The lowest BCUT2D eigenvalue weighted by Gasteiger charge is -2.14. The first-order valence-electron chi connectivity index (χ1n) is 5.85. The van der Waals surface area contributed by atoms with Gasteiger partial charge in [-0.15, -0.1) is 0 Å². The Kier molecular flexibility index (Phi) is 7.05. The van der Waals surface area contributed by atoms with Crippen LogP contribution in [0.3, 0.4) is 0 Å². The molecule has 0 aliphatic rings. The van der Waals surface area contributed by atoms with Crippen molar-refractivity contribution in [2.45, 2.75) is 51.7 Å². The highest BCUT2D eigenvalue weighted by Gasteiger charge is 2.22. The Morgan fingerprint density at radius 2 is 2.06 bits per heavy atom. The summed E-state index contributed by atoms with van der Waals surface area (Å²) in [5.74, 6) is -0.574. The molecule has 0 rings (SSSR count). The third kappa shape index (κ3) is 6.42. The molecule has 0 aliphatic carbocycles. The van der Waals surface area contributed by atoms with Gasteiger partial charge in [0.25, 0.3) is 0 Å². The van der Waals surface area contributed by atoms with Crippen LogP contribution in [0.2, 0.25) is 0 Å². The molecule has 0 radical (unpaired) electrons. The molecule has 17 heavy (non-hydrogen) atoms. The van der Waals surface area contributed by atoms with Gasteiger partial charge in [0, 0.05) is 16.6 Å². The number of nitrogens with zero attached hydrogens (tertiary/aromatic N) is 1. The molecule has 0 bridgehead atoms.